The summed E-state index contributed by atoms with van der Waals surface area (Å²) < 4.78 is 72.9. The third kappa shape index (κ3) is 7.44. The molecule has 1 fully saturated rings. The standard InChI is InChI=1S/C27H33F5O/c1-2-3-4-5-6-19-7-9-20(10-8-19)11-12-21-13-15-23(16-14-21)33-27(31,32)22-17-24(28)26(30)25(29)18-22/h13-20H,2-12H2,1H3. The first-order valence-electron chi connectivity index (χ1n) is 12.1. The predicted octanol–water partition coefficient (Wildman–Crippen LogP) is 8.94. The monoisotopic (exact) mass is 468 g/mol. The van der Waals surface area contributed by atoms with Crippen LogP contribution in [0.2, 0.25) is 0 Å². The van der Waals surface area contributed by atoms with Gasteiger partial charge in [0, 0.05) is 0 Å². The maximum absolute atomic E-state index is 14.3. The second kappa shape index (κ2) is 11.8. The van der Waals surface area contributed by atoms with E-state index in [0.29, 0.717) is 5.92 Å². The molecular formula is C27H33F5O. The zero-order valence-electron chi connectivity index (χ0n) is 19.2. The summed E-state index contributed by atoms with van der Waals surface area (Å²) >= 11 is 0. The highest BCUT2D eigenvalue weighted by Gasteiger charge is 2.36. The molecule has 1 nitrogen and oxygen atoms in total. The van der Waals surface area contributed by atoms with Gasteiger partial charge in [-0.25, -0.2) is 13.2 Å². The van der Waals surface area contributed by atoms with Crippen LogP contribution in [-0.4, -0.2) is 0 Å². The second-order valence-electron chi connectivity index (χ2n) is 9.29. The lowest BCUT2D eigenvalue weighted by molar-refractivity contribution is -0.185. The van der Waals surface area contributed by atoms with Crippen LogP contribution in [0.1, 0.15) is 82.3 Å². The Labute approximate surface area is 193 Å². The third-order valence-corrected chi connectivity index (χ3v) is 6.76. The first kappa shape index (κ1) is 25.5. The van der Waals surface area contributed by atoms with Crippen LogP contribution in [0.3, 0.4) is 0 Å². The Kier molecular flexibility index (Phi) is 9.16. The Morgan fingerprint density at radius 3 is 1.97 bits per heavy atom. The SMILES string of the molecule is CCCCCCC1CCC(CCc2ccc(OC(F)(F)c3cc(F)c(F)c(F)c3)cc2)CC1. The molecule has 1 aliphatic rings. The van der Waals surface area contributed by atoms with Crippen molar-refractivity contribution in [3.05, 3.63) is 65.0 Å². The van der Waals surface area contributed by atoms with Crippen molar-refractivity contribution in [2.45, 2.75) is 83.7 Å². The minimum absolute atomic E-state index is 0.127. The molecule has 0 N–H and O–H groups in total. The number of hydrogen-bond acceptors (Lipinski definition) is 1. The highest BCUT2D eigenvalue weighted by molar-refractivity contribution is 5.29. The molecule has 0 unspecified atom stereocenters. The van der Waals surface area contributed by atoms with Gasteiger partial charge in [0.15, 0.2) is 17.5 Å². The molecule has 0 saturated heterocycles. The van der Waals surface area contributed by atoms with Gasteiger partial charge >= 0.3 is 6.11 Å². The van der Waals surface area contributed by atoms with Crippen LogP contribution in [0.5, 0.6) is 5.75 Å². The van der Waals surface area contributed by atoms with Crippen LogP contribution in [-0.2, 0) is 12.5 Å². The molecule has 0 atom stereocenters. The molecule has 0 spiro atoms. The molecule has 0 aromatic heterocycles. The summed E-state index contributed by atoms with van der Waals surface area (Å²) in [6, 6.07) is 6.80. The molecule has 0 heterocycles. The lowest BCUT2D eigenvalue weighted by Crippen LogP contribution is -2.22. The van der Waals surface area contributed by atoms with Crippen molar-refractivity contribution < 1.29 is 26.7 Å². The molecule has 2 aromatic carbocycles. The quantitative estimate of drug-likeness (QED) is 0.182. The molecule has 0 amide bonds. The van der Waals surface area contributed by atoms with Gasteiger partial charge < -0.3 is 4.74 Å². The summed E-state index contributed by atoms with van der Waals surface area (Å²) in [5.74, 6) is -3.71. The van der Waals surface area contributed by atoms with Crippen LogP contribution >= 0.6 is 0 Å². The zero-order chi connectivity index (χ0) is 23.8. The largest absolute Gasteiger partial charge is 0.429 e. The molecule has 33 heavy (non-hydrogen) atoms. The van der Waals surface area contributed by atoms with Crippen molar-refractivity contribution in [2.75, 3.05) is 0 Å². The van der Waals surface area contributed by atoms with Crippen LogP contribution in [0, 0.1) is 29.3 Å². The fourth-order valence-electron chi connectivity index (χ4n) is 4.69. The van der Waals surface area contributed by atoms with E-state index in [4.69, 9.17) is 0 Å². The Morgan fingerprint density at radius 1 is 0.818 bits per heavy atom. The van der Waals surface area contributed by atoms with Crippen molar-refractivity contribution in [1.82, 2.24) is 0 Å². The number of hydrogen-bond donors (Lipinski definition) is 0. The van der Waals surface area contributed by atoms with Gasteiger partial charge in [-0.05, 0) is 54.5 Å². The van der Waals surface area contributed by atoms with Gasteiger partial charge in [-0.1, -0.05) is 76.8 Å². The maximum atomic E-state index is 14.3. The van der Waals surface area contributed by atoms with Gasteiger partial charge in [0.25, 0.3) is 0 Å². The number of unbranched alkanes of at least 4 members (excludes halogenated alkanes) is 3. The summed E-state index contributed by atoms with van der Waals surface area (Å²) in [7, 11) is 0. The normalized spacial score (nSPS) is 19.0. The minimum Gasteiger partial charge on any atom is -0.429 e. The van der Waals surface area contributed by atoms with Crippen LogP contribution < -0.4 is 4.74 Å². The van der Waals surface area contributed by atoms with Crippen molar-refractivity contribution in [2.24, 2.45) is 11.8 Å². The Morgan fingerprint density at radius 2 is 1.39 bits per heavy atom. The van der Waals surface area contributed by atoms with Gasteiger partial charge in [-0.3, -0.25) is 0 Å². The van der Waals surface area contributed by atoms with Gasteiger partial charge in [-0.15, -0.1) is 0 Å². The number of aryl methyl sites for hydroxylation is 1. The van der Waals surface area contributed by atoms with Crippen molar-refractivity contribution in [1.29, 1.82) is 0 Å². The van der Waals surface area contributed by atoms with E-state index in [9.17, 15) is 22.0 Å². The Hall–Kier alpha value is -2.11. The maximum Gasteiger partial charge on any atom is 0.426 e. The molecule has 0 aliphatic heterocycles. The number of rotatable bonds is 11. The molecule has 182 valence electrons. The summed E-state index contributed by atoms with van der Waals surface area (Å²) in [5.41, 5.74) is -0.0461. The van der Waals surface area contributed by atoms with E-state index < -0.39 is 29.1 Å². The van der Waals surface area contributed by atoms with Crippen molar-refractivity contribution in [3.8, 4) is 5.75 Å². The van der Waals surface area contributed by atoms with E-state index in [2.05, 4.69) is 11.7 Å². The number of alkyl halides is 2. The summed E-state index contributed by atoms with van der Waals surface area (Å²) in [5, 5.41) is 0. The molecule has 1 saturated carbocycles. The van der Waals surface area contributed by atoms with Crippen molar-refractivity contribution >= 4 is 0 Å². The highest BCUT2D eigenvalue weighted by Crippen LogP contribution is 2.35. The van der Waals surface area contributed by atoms with Crippen LogP contribution in [0.25, 0.3) is 0 Å². The van der Waals surface area contributed by atoms with E-state index >= 15 is 0 Å². The lowest BCUT2D eigenvalue weighted by Gasteiger charge is -2.28. The molecule has 0 bridgehead atoms. The summed E-state index contributed by atoms with van der Waals surface area (Å²) in [4.78, 5) is 0. The fourth-order valence-corrected chi connectivity index (χ4v) is 4.69. The predicted molar refractivity (Wildman–Crippen MR) is 120 cm³/mol. The van der Waals surface area contributed by atoms with E-state index in [1.54, 1.807) is 12.1 Å². The minimum atomic E-state index is -3.99. The average Bonchev–Trinajstić information content (AvgIpc) is 2.80. The first-order chi connectivity index (χ1) is 15.8. The van der Waals surface area contributed by atoms with Crippen molar-refractivity contribution in [3.63, 3.8) is 0 Å². The Bertz CT molecular complexity index is 850. The van der Waals surface area contributed by atoms with Gasteiger partial charge in [0.2, 0.25) is 0 Å². The van der Waals surface area contributed by atoms with Gasteiger partial charge in [0.1, 0.15) is 5.75 Å². The fraction of sp³-hybridized carbons (Fsp3) is 0.556. The number of ether oxygens (including phenoxy) is 1. The Balaban J connectivity index is 1.45. The topological polar surface area (TPSA) is 9.23 Å². The molecule has 2 aromatic rings. The van der Waals surface area contributed by atoms with E-state index in [0.717, 1.165) is 24.3 Å². The lowest BCUT2D eigenvalue weighted by atomic mass is 9.78. The van der Waals surface area contributed by atoms with E-state index in [-0.39, 0.29) is 17.9 Å². The van der Waals surface area contributed by atoms with Crippen LogP contribution in [0.4, 0.5) is 22.0 Å². The molecule has 0 radical (unpaired) electrons. The third-order valence-electron chi connectivity index (χ3n) is 6.76. The molecular weight excluding hydrogens is 435 g/mol. The molecule has 3 rings (SSSR count). The summed E-state index contributed by atoms with van der Waals surface area (Å²) in [6.45, 7) is 2.24. The van der Waals surface area contributed by atoms with Gasteiger partial charge in [-0.2, -0.15) is 8.78 Å². The smallest absolute Gasteiger partial charge is 0.426 e. The van der Waals surface area contributed by atoms with E-state index in [1.165, 1.54) is 69.9 Å². The van der Waals surface area contributed by atoms with Crippen LogP contribution in [0.15, 0.2) is 36.4 Å². The first-order valence-corrected chi connectivity index (χ1v) is 12.1. The second-order valence-corrected chi connectivity index (χ2v) is 9.29. The highest BCUT2D eigenvalue weighted by atomic mass is 19.3. The number of benzene rings is 2. The van der Waals surface area contributed by atoms with Gasteiger partial charge in [0.05, 0.1) is 5.56 Å². The molecule has 6 heteroatoms. The number of halogens is 5. The average molecular weight is 469 g/mol. The molecule has 1 aliphatic carbocycles. The van der Waals surface area contributed by atoms with E-state index in [1.807, 2.05) is 0 Å². The summed E-state index contributed by atoms with van der Waals surface area (Å²) in [6.07, 6.45) is 9.75. The zero-order valence-corrected chi connectivity index (χ0v) is 19.2.